The fraction of sp³-hybridized carbons (Fsp3) is 1.00. The van der Waals surface area contributed by atoms with E-state index in [1.54, 1.807) is 0 Å². The Morgan fingerprint density at radius 1 is 0.875 bits per heavy atom. The van der Waals surface area contributed by atoms with Gasteiger partial charge in [0.15, 0.2) is 0 Å². The lowest BCUT2D eigenvalue weighted by Gasteiger charge is -2.05. The maximum atomic E-state index is 8.50. The van der Waals surface area contributed by atoms with E-state index in [0.29, 0.717) is 6.61 Å². The molecule has 0 radical (unpaired) electrons. The third-order valence-corrected chi connectivity index (χ3v) is 3.05. The number of hydrogen-bond donors (Lipinski definition) is 2. The Bertz CT molecular complexity index is 124. The lowest BCUT2D eigenvalue weighted by atomic mass is 10.0. The molecule has 0 amide bonds. The van der Waals surface area contributed by atoms with Crippen LogP contribution in [0, 0.1) is 5.92 Å². The van der Waals surface area contributed by atoms with Crippen molar-refractivity contribution in [3.63, 3.8) is 0 Å². The molecule has 0 spiro atoms. The summed E-state index contributed by atoms with van der Waals surface area (Å²) in [5.41, 5.74) is 0. The van der Waals surface area contributed by atoms with E-state index in [1.807, 2.05) is 0 Å². The van der Waals surface area contributed by atoms with Crippen LogP contribution < -0.4 is 0 Å². The fourth-order valence-electron chi connectivity index (χ4n) is 1.68. The van der Waals surface area contributed by atoms with Crippen molar-refractivity contribution in [2.45, 2.75) is 65.2 Å². The molecule has 0 aromatic rings. The van der Waals surface area contributed by atoms with Gasteiger partial charge in [0.1, 0.15) is 0 Å². The van der Waals surface area contributed by atoms with Gasteiger partial charge in [-0.3, -0.25) is 0 Å². The second-order valence-electron chi connectivity index (χ2n) is 4.74. The molecule has 98 valence electrons. The SMILES string of the molecule is CC(C)CCCCCCCCCOP(O)O. The molecule has 0 heterocycles. The average molecular weight is 250 g/mol. The van der Waals surface area contributed by atoms with E-state index in [1.165, 1.54) is 38.5 Å². The first-order chi connectivity index (χ1) is 7.63. The molecule has 4 heteroatoms. The first-order valence-corrected chi connectivity index (χ1v) is 7.60. The summed E-state index contributed by atoms with van der Waals surface area (Å²) in [6.07, 6.45) is 10.0. The van der Waals surface area contributed by atoms with Gasteiger partial charge in [0.25, 0.3) is 0 Å². The zero-order chi connectivity index (χ0) is 12.2. The van der Waals surface area contributed by atoms with E-state index in [-0.39, 0.29) is 0 Å². The summed E-state index contributed by atoms with van der Waals surface area (Å²) < 4.78 is 4.69. The van der Waals surface area contributed by atoms with Crippen LogP contribution in [-0.2, 0) is 4.52 Å². The smallest absolute Gasteiger partial charge is 0.327 e. The number of unbranched alkanes of at least 4 members (excludes halogenated alkanes) is 6. The first kappa shape index (κ1) is 16.3. The molecular weight excluding hydrogens is 223 g/mol. The van der Waals surface area contributed by atoms with Gasteiger partial charge in [-0.15, -0.1) is 0 Å². The first-order valence-electron chi connectivity index (χ1n) is 6.43. The molecule has 16 heavy (non-hydrogen) atoms. The Labute approximate surface area is 101 Å². The molecule has 0 aromatic heterocycles. The molecule has 0 aliphatic rings. The molecule has 3 nitrogen and oxygen atoms in total. The van der Waals surface area contributed by atoms with E-state index < -0.39 is 8.60 Å². The van der Waals surface area contributed by atoms with Crippen molar-refractivity contribution >= 4 is 8.60 Å². The summed E-state index contributed by atoms with van der Waals surface area (Å²) in [5, 5.41) is 0. The summed E-state index contributed by atoms with van der Waals surface area (Å²) in [7, 11) is -2.14. The van der Waals surface area contributed by atoms with Gasteiger partial charge in [0.2, 0.25) is 0 Å². The van der Waals surface area contributed by atoms with Crippen LogP contribution in [0.15, 0.2) is 0 Å². The van der Waals surface area contributed by atoms with Crippen molar-refractivity contribution < 1.29 is 14.3 Å². The third kappa shape index (κ3) is 14.3. The van der Waals surface area contributed by atoms with Crippen LogP contribution in [0.25, 0.3) is 0 Å². The molecule has 0 saturated heterocycles. The van der Waals surface area contributed by atoms with Crippen LogP contribution in [0.4, 0.5) is 0 Å². The third-order valence-electron chi connectivity index (χ3n) is 2.63. The van der Waals surface area contributed by atoms with Gasteiger partial charge in [0, 0.05) is 0 Å². The van der Waals surface area contributed by atoms with Gasteiger partial charge in [-0.1, -0.05) is 58.8 Å². The molecule has 0 atom stereocenters. The topological polar surface area (TPSA) is 49.7 Å². The Kier molecular flexibility index (Phi) is 12.0. The van der Waals surface area contributed by atoms with E-state index in [0.717, 1.165) is 18.8 Å². The highest BCUT2D eigenvalue weighted by atomic mass is 31.2. The summed E-state index contributed by atoms with van der Waals surface area (Å²) in [4.78, 5) is 17.0. The van der Waals surface area contributed by atoms with Crippen molar-refractivity contribution in [2.24, 2.45) is 5.92 Å². The van der Waals surface area contributed by atoms with Gasteiger partial charge < -0.3 is 14.3 Å². The minimum atomic E-state index is -2.14. The van der Waals surface area contributed by atoms with Crippen LogP contribution in [0.2, 0.25) is 0 Å². The lowest BCUT2D eigenvalue weighted by Crippen LogP contribution is -1.90. The van der Waals surface area contributed by atoms with Crippen molar-refractivity contribution in [3.05, 3.63) is 0 Å². The summed E-state index contributed by atoms with van der Waals surface area (Å²) in [5.74, 6) is 0.837. The van der Waals surface area contributed by atoms with E-state index in [2.05, 4.69) is 18.4 Å². The van der Waals surface area contributed by atoms with E-state index in [4.69, 9.17) is 9.79 Å². The van der Waals surface area contributed by atoms with Crippen molar-refractivity contribution in [2.75, 3.05) is 6.61 Å². The molecule has 0 aliphatic carbocycles. The highest BCUT2D eigenvalue weighted by Crippen LogP contribution is 2.24. The van der Waals surface area contributed by atoms with Crippen LogP contribution >= 0.6 is 8.60 Å². The highest BCUT2D eigenvalue weighted by molar-refractivity contribution is 7.39. The monoisotopic (exact) mass is 250 g/mol. The summed E-state index contributed by atoms with van der Waals surface area (Å²) in [6.45, 7) is 5.03. The van der Waals surface area contributed by atoms with Crippen LogP contribution in [0.5, 0.6) is 0 Å². The number of rotatable bonds is 11. The molecule has 0 rings (SSSR count). The summed E-state index contributed by atoms with van der Waals surface area (Å²) >= 11 is 0. The molecule has 0 bridgehead atoms. The minimum absolute atomic E-state index is 0.478. The molecule has 0 saturated carbocycles. The van der Waals surface area contributed by atoms with E-state index >= 15 is 0 Å². The van der Waals surface area contributed by atoms with Gasteiger partial charge in [-0.05, 0) is 12.3 Å². The van der Waals surface area contributed by atoms with E-state index in [9.17, 15) is 0 Å². The van der Waals surface area contributed by atoms with Crippen LogP contribution in [0.1, 0.15) is 65.2 Å². The maximum absolute atomic E-state index is 8.50. The maximum Gasteiger partial charge on any atom is 0.327 e. The van der Waals surface area contributed by atoms with Crippen molar-refractivity contribution in [1.82, 2.24) is 0 Å². The second kappa shape index (κ2) is 11.8. The lowest BCUT2D eigenvalue weighted by molar-refractivity contribution is 0.248. The predicted molar refractivity (Wildman–Crippen MR) is 69.1 cm³/mol. The Balaban J connectivity index is 2.93. The highest BCUT2D eigenvalue weighted by Gasteiger charge is 1.98. The quantitative estimate of drug-likeness (QED) is 0.430. The number of hydrogen-bond acceptors (Lipinski definition) is 3. The largest absolute Gasteiger partial charge is 0.328 e. The summed E-state index contributed by atoms with van der Waals surface area (Å²) in [6, 6.07) is 0. The molecule has 2 N–H and O–H groups in total. The zero-order valence-corrected chi connectivity index (χ0v) is 11.6. The van der Waals surface area contributed by atoms with Crippen molar-refractivity contribution in [1.29, 1.82) is 0 Å². The molecular formula is C12H27O3P. The van der Waals surface area contributed by atoms with Crippen LogP contribution in [-0.4, -0.2) is 16.4 Å². The molecule has 0 aromatic carbocycles. The van der Waals surface area contributed by atoms with Gasteiger partial charge >= 0.3 is 8.60 Å². The minimum Gasteiger partial charge on any atom is -0.328 e. The van der Waals surface area contributed by atoms with Crippen molar-refractivity contribution in [3.8, 4) is 0 Å². The molecule has 0 unspecified atom stereocenters. The van der Waals surface area contributed by atoms with Crippen LogP contribution in [0.3, 0.4) is 0 Å². The van der Waals surface area contributed by atoms with Gasteiger partial charge in [-0.2, -0.15) is 0 Å². The Hall–Kier alpha value is 0.310. The standard InChI is InChI=1S/C12H27O3P/c1-12(2)10-8-6-4-3-5-7-9-11-15-16(13)14/h12-14H,3-11H2,1-2H3. The predicted octanol–water partition coefficient (Wildman–Crippen LogP) is 3.99. The zero-order valence-electron chi connectivity index (χ0n) is 10.7. The fourth-order valence-corrected chi connectivity index (χ4v) is 1.98. The second-order valence-corrected chi connectivity index (χ2v) is 5.51. The van der Waals surface area contributed by atoms with Gasteiger partial charge in [0.05, 0.1) is 6.61 Å². The van der Waals surface area contributed by atoms with Gasteiger partial charge in [-0.25, -0.2) is 0 Å². The Morgan fingerprint density at radius 2 is 1.38 bits per heavy atom. The average Bonchev–Trinajstić information content (AvgIpc) is 2.20. The molecule has 0 aliphatic heterocycles. The Morgan fingerprint density at radius 3 is 1.88 bits per heavy atom. The normalized spacial score (nSPS) is 11.6. The molecule has 0 fully saturated rings.